The van der Waals surface area contributed by atoms with E-state index in [2.05, 4.69) is 39.8 Å². The van der Waals surface area contributed by atoms with Crippen molar-refractivity contribution in [1.82, 2.24) is 4.98 Å². The van der Waals surface area contributed by atoms with Crippen LogP contribution >= 0.6 is 23.3 Å². The van der Waals surface area contributed by atoms with Crippen LogP contribution in [0.2, 0.25) is 0 Å². The third kappa shape index (κ3) is 2.73. The second-order valence-corrected chi connectivity index (χ2v) is 4.70. The Morgan fingerprint density at radius 3 is 2.73 bits per heavy atom. The van der Waals surface area contributed by atoms with Crippen molar-refractivity contribution < 1.29 is 0 Å². The van der Waals surface area contributed by atoms with Gasteiger partial charge in [0, 0.05) is 17.8 Å². The lowest BCUT2D eigenvalue weighted by molar-refractivity contribution is 1.04. The molecule has 1 heterocycles. The summed E-state index contributed by atoms with van der Waals surface area (Å²) >= 11 is 3.37. The van der Waals surface area contributed by atoms with Crippen LogP contribution in [0.4, 0.5) is 5.13 Å². The highest BCUT2D eigenvalue weighted by Crippen LogP contribution is 2.25. The molecular weight excluding hydrogens is 224 g/mol. The smallest absolute Gasteiger partial charge is 0.195 e. The molecular formula is C11H12N2S2. The predicted molar refractivity (Wildman–Crippen MR) is 68.3 cm³/mol. The van der Waals surface area contributed by atoms with E-state index in [0.717, 1.165) is 11.7 Å². The van der Waals surface area contributed by atoms with Gasteiger partial charge in [0.05, 0.1) is 6.54 Å². The summed E-state index contributed by atoms with van der Waals surface area (Å²) in [5.74, 6) is 0. The molecule has 0 spiro atoms. The summed E-state index contributed by atoms with van der Waals surface area (Å²) in [5.41, 5.74) is 1.31. The lowest BCUT2D eigenvalue weighted by atomic mass is 10.2. The molecule has 0 bridgehead atoms. The number of hydrogen-bond donors (Lipinski definition) is 0. The van der Waals surface area contributed by atoms with Crippen molar-refractivity contribution in [3.8, 4) is 0 Å². The number of anilines is 1. The minimum Gasteiger partial charge on any atom is -0.288 e. The topological polar surface area (TPSA) is 16.1 Å². The first-order valence-corrected chi connectivity index (χ1v) is 6.71. The fourth-order valence-electron chi connectivity index (χ4n) is 1.30. The lowest BCUT2D eigenvalue weighted by Gasteiger charge is -2.17. The van der Waals surface area contributed by atoms with Crippen LogP contribution in [0.1, 0.15) is 5.56 Å². The molecule has 0 atom stereocenters. The summed E-state index contributed by atoms with van der Waals surface area (Å²) in [6.07, 6.45) is 3.92. The van der Waals surface area contributed by atoms with Gasteiger partial charge in [-0.05, 0) is 5.56 Å². The standard InChI is InChI=1S/C11H12N2S2/c1-14-13(11-12-7-8-15-11)9-10-5-3-2-4-6-10/h2-8H,9H2,1H3. The Morgan fingerprint density at radius 1 is 1.33 bits per heavy atom. The minimum absolute atomic E-state index is 0.898. The quantitative estimate of drug-likeness (QED) is 0.757. The first kappa shape index (κ1) is 10.5. The molecule has 0 saturated carbocycles. The maximum absolute atomic E-state index is 4.31. The van der Waals surface area contributed by atoms with Crippen LogP contribution in [0.25, 0.3) is 0 Å². The summed E-state index contributed by atoms with van der Waals surface area (Å²) in [6.45, 7) is 0.898. The molecule has 0 aliphatic carbocycles. The van der Waals surface area contributed by atoms with Crippen LogP contribution < -0.4 is 4.31 Å². The number of thiazole rings is 1. The van der Waals surface area contributed by atoms with Gasteiger partial charge in [-0.15, -0.1) is 11.3 Å². The Morgan fingerprint density at radius 2 is 2.13 bits per heavy atom. The van der Waals surface area contributed by atoms with Crippen LogP contribution in [0.5, 0.6) is 0 Å². The van der Waals surface area contributed by atoms with Gasteiger partial charge in [0.2, 0.25) is 0 Å². The largest absolute Gasteiger partial charge is 0.288 e. The zero-order valence-corrected chi connectivity index (χ0v) is 10.1. The molecule has 0 radical (unpaired) electrons. The molecule has 2 rings (SSSR count). The molecule has 1 aromatic heterocycles. The van der Waals surface area contributed by atoms with E-state index in [1.807, 2.05) is 17.6 Å². The highest BCUT2D eigenvalue weighted by Gasteiger charge is 2.07. The summed E-state index contributed by atoms with van der Waals surface area (Å²) < 4.78 is 2.19. The first-order valence-electron chi connectivity index (χ1n) is 4.65. The normalized spacial score (nSPS) is 10.2. The zero-order chi connectivity index (χ0) is 10.5. The molecule has 0 saturated heterocycles. The van der Waals surface area contributed by atoms with Crippen LogP contribution in [-0.2, 0) is 6.54 Å². The van der Waals surface area contributed by atoms with Gasteiger partial charge in [-0.1, -0.05) is 42.3 Å². The van der Waals surface area contributed by atoms with Crippen LogP contribution in [0, 0.1) is 0 Å². The molecule has 2 aromatic rings. The van der Waals surface area contributed by atoms with Gasteiger partial charge < -0.3 is 0 Å². The fourth-order valence-corrected chi connectivity index (χ4v) is 2.68. The van der Waals surface area contributed by atoms with Crippen molar-refractivity contribution in [3.63, 3.8) is 0 Å². The molecule has 2 nitrogen and oxygen atoms in total. The maximum Gasteiger partial charge on any atom is 0.195 e. The number of nitrogens with zero attached hydrogens (tertiary/aromatic N) is 2. The van der Waals surface area contributed by atoms with E-state index in [1.54, 1.807) is 23.3 Å². The monoisotopic (exact) mass is 236 g/mol. The van der Waals surface area contributed by atoms with Gasteiger partial charge >= 0.3 is 0 Å². The third-order valence-electron chi connectivity index (χ3n) is 2.02. The van der Waals surface area contributed by atoms with E-state index in [-0.39, 0.29) is 0 Å². The Balaban J connectivity index is 2.10. The van der Waals surface area contributed by atoms with E-state index in [4.69, 9.17) is 0 Å². The van der Waals surface area contributed by atoms with Crippen LogP contribution in [0.3, 0.4) is 0 Å². The molecule has 0 aliphatic rings. The Kier molecular flexibility index (Phi) is 3.64. The Labute approximate surface area is 98.1 Å². The van der Waals surface area contributed by atoms with Crippen LogP contribution in [0.15, 0.2) is 41.9 Å². The average molecular weight is 236 g/mol. The van der Waals surface area contributed by atoms with E-state index < -0.39 is 0 Å². The van der Waals surface area contributed by atoms with Crippen molar-refractivity contribution in [3.05, 3.63) is 47.5 Å². The highest BCUT2D eigenvalue weighted by molar-refractivity contribution is 8.00. The minimum atomic E-state index is 0.898. The van der Waals surface area contributed by atoms with Crippen molar-refractivity contribution in [2.75, 3.05) is 10.6 Å². The van der Waals surface area contributed by atoms with Crippen molar-refractivity contribution in [2.24, 2.45) is 0 Å². The number of hydrogen-bond acceptors (Lipinski definition) is 4. The van der Waals surface area contributed by atoms with Gasteiger partial charge in [-0.25, -0.2) is 4.98 Å². The van der Waals surface area contributed by atoms with Crippen molar-refractivity contribution >= 4 is 28.4 Å². The van der Waals surface area contributed by atoms with Crippen molar-refractivity contribution in [1.29, 1.82) is 0 Å². The summed E-state index contributed by atoms with van der Waals surface area (Å²) in [7, 11) is 0. The molecule has 0 unspecified atom stereocenters. The number of aromatic nitrogens is 1. The number of rotatable bonds is 4. The zero-order valence-electron chi connectivity index (χ0n) is 8.46. The van der Waals surface area contributed by atoms with Gasteiger partial charge in [0.1, 0.15) is 0 Å². The molecule has 0 amide bonds. The summed E-state index contributed by atoms with van der Waals surface area (Å²) in [4.78, 5) is 4.31. The summed E-state index contributed by atoms with van der Waals surface area (Å²) in [6, 6.07) is 10.4. The molecule has 15 heavy (non-hydrogen) atoms. The lowest BCUT2D eigenvalue weighted by Crippen LogP contribution is -2.12. The van der Waals surface area contributed by atoms with E-state index >= 15 is 0 Å². The molecule has 0 aliphatic heterocycles. The van der Waals surface area contributed by atoms with E-state index in [9.17, 15) is 0 Å². The van der Waals surface area contributed by atoms with Crippen molar-refractivity contribution in [2.45, 2.75) is 6.54 Å². The van der Waals surface area contributed by atoms with Gasteiger partial charge in [-0.2, -0.15) is 0 Å². The van der Waals surface area contributed by atoms with Gasteiger partial charge in [-0.3, -0.25) is 4.31 Å². The van der Waals surface area contributed by atoms with E-state index in [1.165, 1.54) is 5.56 Å². The fraction of sp³-hybridized carbons (Fsp3) is 0.182. The molecule has 0 fully saturated rings. The first-order chi connectivity index (χ1) is 7.40. The van der Waals surface area contributed by atoms with E-state index in [0.29, 0.717) is 0 Å². The second-order valence-electron chi connectivity index (χ2n) is 3.02. The molecule has 0 N–H and O–H groups in total. The van der Waals surface area contributed by atoms with Crippen LogP contribution in [-0.4, -0.2) is 11.2 Å². The Bertz CT molecular complexity index is 386. The second kappa shape index (κ2) is 5.19. The highest BCUT2D eigenvalue weighted by atomic mass is 32.2. The van der Waals surface area contributed by atoms with Gasteiger partial charge in [0.15, 0.2) is 5.13 Å². The number of benzene rings is 1. The third-order valence-corrected chi connectivity index (χ3v) is 3.67. The predicted octanol–water partition coefficient (Wildman–Crippen LogP) is 3.43. The SMILES string of the molecule is CSN(Cc1ccccc1)c1nccs1. The molecule has 1 aromatic carbocycles. The maximum atomic E-state index is 4.31. The average Bonchev–Trinajstić information content (AvgIpc) is 2.81. The molecule has 4 heteroatoms. The summed E-state index contributed by atoms with van der Waals surface area (Å²) in [5, 5.41) is 3.06. The Hall–Kier alpha value is -1.000. The van der Waals surface area contributed by atoms with Gasteiger partial charge in [0.25, 0.3) is 0 Å². The molecule has 78 valence electrons.